The van der Waals surface area contributed by atoms with E-state index in [0.717, 1.165) is 38.1 Å². The summed E-state index contributed by atoms with van der Waals surface area (Å²) in [4.78, 5) is 16.4. The summed E-state index contributed by atoms with van der Waals surface area (Å²) in [5.41, 5.74) is 1.01. The number of aliphatic hydroxyl groups excluding tert-OH is 1. The SMILES string of the molecule is CC(C)n1c(-c2ccc(C(F)(F)F)cc2)nc2c(NCCO)nc(N3CCCCC3)nc21. The number of hydrogen-bond acceptors (Lipinski definition) is 6. The van der Waals surface area contributed by atoms with Gasteiger partial charge in [-0.15, -0.1) is 0 Å². The Balaban J connectivity index is 1.87. The molecule has 0 unspecified atom stereocenters. The van der Waals surface area contributed by atoms with Gasteiger partial charge in [-0.05, 0) is 45.2 Å². The van der Waals surface area contributed by atoms with Crippen molar-refractivity contribution < 1.29 is 18.3 Å². The molecule has 0 amide bonds. The number of nitrogens with one attached hydrogen (secondary N) is 1. The van der Waals surface area contributed by atoms with Gasteiger partial charge in [0, 0.05) is 31.2 Å². The van der Waals surface area contributed by atoms with Crippen LogP contribution >= 0.6 is 0 Å². The van der Waals surface area contributed by atoms with Gasteiger partial charge >= 0.3 is 6.18 Å². The van der Waals surface area contributed by atoms with E-state index in [1.54, 1.807) is 0 Å². The van der Waals surface area contributed by atoms with Crippen molar-refractivity contribution >= 4 is 22.9 Å². The van der Waals surface area contributed by atoms with Gasteiger partial charge in [-0.25, -0.2) is 4.98 Å². The third kappa shape index (κ3) is 4.36. The van der Waals surface area contributed by atoms with E-state index in [1.807, 2.05) is 18.4 Å². The van der Waals surface area contributed by atoms with Crippen molar-refractivity contribution in [2.45, 2.75) is 45.3 Å². The number of alkyl halides is 3. The highest BCUT2D eigenvalue weighted by atomic mass is 19.4. The average Bonchev–Trinajstić information content (AvgIpc) is 3.17. The van der Waals surface area contributed by atoms with Crippen molar-refractivity contribution in [1.29, 1.82) is 0 Å². The number of rotatable bonds is 6. The molecule has 4 rings (SSSR count). The van der Waals surface area contributed by atoms with E-state index in [0.29, 0.717) is 40.9 Å². The second-order valence-corrected chi connectivity index (χ2v) is 8.22. The molecular weight excluding hydrogens is 421 g/mol. The number of hydrogen-bond donors (Lipinski definition) is 2. The minimum atomic E-state index is -4.40. The number of nitrogens with zero attached hydrogens (tertiary/aromatic N) is 5. The lowest BCUT2D eigenvalue weighted by atomic mass is 10.1. The summed E-state index contributed by atoms with van der Waals surface area (Å²) in [6, 6.07) is 4.96. The highest BCUT2D eigenvalue weighted by molar-refractivity contribution is 5.88. The first-order valence-corrected chi connectivity index (χ1v) is 10.9. The van der Waals surface area contributed by atoms with Gasteiger partial charge in [-0.2, -0.15) is 23.1 Å². The molecule has 10 heteroatoms. The molecule has 1 aliphatic rings. The van der Waals surface area contributed by atoms with Gasteiger partial charge in [0.2, 0.25) is 5.95 Å². The molecule has 1 aliphatic heterocycles. The largest absolute Gasteiger partial charge is 0.416 e. The quantitative estimate of drug-likeness (QED) is 0.579. The molecule has 1 saturated heterocycles. The molecule has 0 saturated carbocycles. The molecule has 0 bridgehead atoms. The predicted octanol–water partition coefficient (Wildman–Crippen LogP) is 4.49. The molecule has 3 aromatic rings. The normalized spacial score (nSPS) is 15.0. The molecule has 1 fully saturated rings. The first kappa shape index (κ1) is 22.3. The van der Waals surface area contributed by atoms with Crippen LogP contribution in [0.5, 0.6) is 0 Å². The van der Waals surface area contributed by atoms with Gasteiger partial charge in [0.15, 0.2) is 17.0 Å². The number of aromatic nitrogens is 4. The lowest BCUT2D eigenvalue weighted by molar-refractivity contribution is -0.137. The predicted molar refractivity (Wildman–Crippen MR) is 118 cm³/mol. The Bertz CT molecular complexity index is 1070. The first-order valence-electron chi connectivity index (χ1n) is 10.9. The highest BCUT2D eigenvalue weighted by Crippen LogP contribution is 2.34. The molecule has 1 aromatic carbocycles. The molecule has 0 spiro atoms. The number of imidazole rings is 1. The maximum atomic E-state index is 13.0. The summed E-state index contributed by atoms with van der Waals surface area (Å²) in [6.07, 6.45) is -1.08. The van der Waals surface area contributed by atoms with Crippen molar-refractivity contribution in [2.75, 3.05) is 36.5 Å². The lowest BCUT2D eigenvalue weighted by Gasteiger charge is -2.27. The third-order valence-electron chi connectivity index (χ3n) is 5.56. The van der Waals surface area contributed by atoms with E-state index >= 15 is 0 Å². The number of benzene rings is 1. The Hall–Kier alpha value is -2.88. The Kier molecular flexibility index (Phi) is 6.23. The van der Waals surface area contributed by atoms with E-state index in [2.05, 4.69) is 15.2 Å². The topological polar surface area (TPSA) is 79.1 Å². The number of fused-ring (bicyclic) bond motifs is 1. The van der Waals surface area contributed by atoms with Gasteiger partial charge in [-0.3, -0.25) is 0 Å². The van der Waals surface area contributed by atoms with Crippen molar-refractivity contribution in [3.8, 4) is 11.4 Å². The maximum absolute atomic E-state index is 13.0. The molecule has 3 heterocycles. The minimum absolute atomic E-state index is 0.0351. The van der Waals surface area contributed by atoms with Crippen molar-refractivity contribution in [3.63, 3.8) is 0 Å². The lowest BCUT2D eigenvalue weighted by Crippen LogP contribution is -2.31. The monoisotopic (exact) mass is 448 g/mol. The fourth-order valence-electron chi connectivity index (χ4n) is 4.00. The highest BCUT2D eigenvalue weighted by Gasteiger charge is 2.30. The van der Waals surface area contributed by atoms with Crippen molar-refractivity contribution in [1.82, 2.24) is 19.5 Å². The number of piperidine rings is 1. The van der Waals surface area contributed by atoms with Crippen LogP contribution in [0.1, 0.15) is 44.7 Å². The second kappa shape index (κ2) is 8.93. The molecule has 0 atom stereocenters. The van der Waals surface area contributed by atoms with E-state index in [9.17, 15) is 18.3 Å². The Morgan fingerprint density at radius 3 is 2.31 bits per heavy atom. The van der Waals surface area contributed by atoms with E-state index in [4.69, 9.17) is 9.97 Å². The summed E-state index contributed by atoms with van der Waals surface area (Å²) in [7, 11) is 0. The molecule has 7 nitrogen and oxygen atoms in total. The Morgan fingerprint density at radius 1 is 1.03 bits per heavy atom. The van der Waals surface area contributed by atoms with Gasteiger partial charge in [0.1, 0.15) is 5.82 Å². The van der Waals surface area contributed by atoms with E-state index in [1.165, 1.54) is 18.6 Å². The van der Waals surface area contributed by atoms with Crippen LogP contribution in [0.4, 0.5) is 24.9 Å². The fourth-order valence-corrected chi connectivity index (χ4v) is 4.00. The smallest absolute Gasteiger partial charge is 0.395 e. The first-order chi connectivity index (χ1) is 15.3. The summed E-state index contributed by atoms with van der Waals surface area (Å²) in [6.45, 7) is 5.94. The van der Waals surface area contributed by atoms with Gasteiger partial charge in [0.05, 0.1) is 12.2 Å². The molecule has 172 valence electrons. The summed E-state index contributed by atoms with van der Waals surface area (Å²) >= 11 is 0. The zero-order valence-corrected chi connectivity index (χ0v) is 18.2. The van der Waals surface area contributed by atoms with Gasteiger partial charge < -0.3 is 19.9 Å². The number of halogens is 3. The van der Waals surface area contributed by atoms with Crippen LogP contribution in [0.25, 0.3) is 22.6 Å². The maximum Gasteiger partial charge on any atom is 0.416 e. The molecule has 0 aliphatic carbocycles. The average molecular weight is 448 g/mol. The molecular formula is C22H27F3N6O. The van der Waals surface area contributed by atoms with Crippen LogP contribution < -0.4 is 10.2 Å². The molecule has 0 radical (unpaired) electrons. The minimum Gasteiger partial charge on any atom is -0.395 e. The van der Waals surface area contributed by atoms with E-state index in [-0.39, 0.29) is 12.6 Å². The zero-order chi connectivity index (χ0) is 22.9. The van der Waals surface area contributed by atoms with Crippen LogP contribution in [0.3, 0.4) is 0 Å². The standard InChI is InChI=1S/C22H27F3N6O/c1-14(2)31-19(15-6-8-16(9-7-15)22(23,24)25)27-17-18(26-10-13-32)28-21(29-20(17)31)30-11-4-3-5-12-30/h6-9,14,32H,3-5,10-13H2,1-2H3,(H,26,28,29). The molecule has 2 N–H and O–H groups in total. The van der Waals surface area contributed by atoms with Crippen molar-refractivity contribution in [2.24, 2.45) is 0 Å². The Morgan fingerprint density at radius 2 is 1.72 bits per heavy atom. The Labute approximate surface area is 184 Å². The van der Waals surface area contributed by atoms with Gasteiger partial charge in [-0.1, -0.05) is 12.1 Å². The second-order valence-electron chi connectivity index (χ2n) is 8.22. The van der Waals surface area contributed by atoms with Crippen LogP contribution in [0.15, 0.2) is 24.3 Å². The third-order valence-corrected chi connectivity index (χ3v) is 5.56. The van der Waals surface area contributed by atoms with E-state index < -0.39 is 11.7 Å². The zero-order valence-electron chi connectivity index (χ0n) is 18.2. The van der Waals surface area contributed by atoms with Crippen LogP contribution in [-0.2, 0) is 6.18 Å². The molecule has 2 aromatic heterocycles. The number of anilines is 2. The van der Waals surface area contributed by atoms with Gasteiger partial charge in [0.25, 0.3) is 0 Å². The number of aliphatic hydroxyl groups is 1. The van der Waals surface area contributed by atoms with Crippen LogP contribution in [0, 0.1) is 0 Å². The summed E-state index contributed by atoms with van der Waals surface area (Å²) in [5.74, 6) is 1.64. The summed E-state index contributed by atoms with van der Waals surface area (Å²) in [5, 5.41) is 12.4. The summed E-state index contributed by atoms with van der Waals surface area (Å²) < 4.78 is 41.0. The van der Waals surface area contributed by atoms with Crippen LogP contribution in [0.2, 0.25) is 0 Å². The fraction of sp³-hybridized carbons (Fsp3) is 0.500. The molecule has 32 heavy (non-hydrogen) atoms. The van der Waals surface area contributed by atoms with Crippen molar-refractivity contribution in [3.05, 3.63) is 29.8 Å². The van der Waals surface area contributed by atoms with Crippen LogP contribution in [-0.4, -0.2) is 50.9 Å².